The maximum Gasteiger partial charge on any atom is 0.323 e. The third-order valence-corrected chi connectivity index (χ3v) is 6.30. The molecule has 0 radical (unpaired) electrons. The number of carbonyl (C=O) groups excluding carboxylic acids is 2. The number of rotatable bonds is 3. The third-order valence-electron chi connectivity index (χ3n) is 6.30. The standard InChI is InChI=1S/C27H26FN3O3/c1-27(2)14-21-24(23(32)15-27)25(17-9-11-18(28)12-10-17)31(22-8-4-3-7-20(22)30-21)26(33)29-16-19-6-5-13-34-19/h3-13,25,30H,14-16H2,1-2H3,(H,29,33)/t25-/m1/s1. The number of amides is 2. The highest BCUT2D eigenvalue weighted by molar-refractivity contribution is 6.06. The number of allylic oxidation sites excluding steroid dienone is 1. The Morgan fingerprint density at radius 2 is 1.88 bits per heavy atom. The molecule has 2 amide bonds. The molecule has 0 fully saturated rings. The lowest BCUT2D eigenvalue weighted by Gasteiger charge is -2.37. The van der Waals surface area contributed by atoms with Crippen molar-refractivity contribution in [2.24, 2.45) is 5.41 Å². The fourth-order valence-electron chi connectivity index (χ4n) is 4.83. The van der Waals surface area contributed by atoms with Gasteiger partial charge in [0.05, 0.1) is 30.2 Å². The summed E-state index contributed by atoms with van der Waals surface area (Å²) in [7, 11) is 0. The predicted molar refractivity (Wildman–Crippen MR) is 128 cm³/mol. The SMILES string of the molecule is CC1(C)CC(=O)C2=C(C1)Nc1ccccc1N(C(=O)NCc1ccco1)[C@@H]2c1ccc(F)cc1. The van der Waals surface area contributed by atoms with Crippen molar-refractivity contribution in [2.45, 2.75) is 39.3 Å². The molecule has 2 N–H and O–H groups in total. The van der Waals surface area contributed by atoms with Gasteiger partial charge in [-0.1, -0.05) is 38.1 Å². The summed E-state index contributed by atoms with van der Waals surface area (Å²) in [4.78, 5) is 28.9. The smallest absolute Gasteiger partial charge is 0.323 e. The Morgan fingerprint density at radius 1 is 1.12 bits per heavy atom. The van der Waals surface area contributed by atoms with Crippen molar-refractivity contribution < 1.29 is 18.4 Å². The maximum atomic E-state index is 13.8. The summed E-state index contributed by atoms with van der Waals surface area (Å²) in [6, 6.07) is 15.9. The van der Waals surface area contributed by atoms with Crippen LogP contribution in [0.15, 0.2) is 82.6 Å². The molecule has 0 unspecified atom stereocenters. The molecule has 0 saturated carbocycles. The minimum atomic E-state index is -0.716. The van der Waals surface area contributed by atoms with Gasteiger partial charge in [0.25, 0.3) is 0 Å². The van der Waals surface area contributed by atoms with E-state index in [1.165, 1.54) is 12.1 Å². The summed E-state index contributed by atoms with van der Waals surface area (Å²) in [5.74, 6) is 0.211. The Kier molecular flexibility index (Phi) is 5.48. The molecule has 1 aromatic heterocycles. The number of carbonyl (C=O) groups is 2. The molecule has 174 valence electrons. The number of fused-ring (bicyclic) bond motifs is 1. The molecule has 1 aliphatic carbocycles. The molecule has 7 heteroatoms. The van der Waals surface area contributed by atoms with Gasteiger partial charge in [-0.15, -0.1) is 0 Å². The molecule has 6 nitrogen and oxygen atoms in total. The van der Waals surface area contributed by atoms with Gasteiger partial charge < -0.3 is 15.1 Å². The first-order valence-electron chi connectivity index (χ1n) is 11.3. The molecule has 0 bridgehead atoms. The largest absolute Gasteiger partial charge is 0.467 e. The van der Waals surface area contributed by atoms with Crippen LogP contribution >= 0.6 is 0 Å². The number of para-hydroxylation sites is 2. The van der Waals surface area contributed by atoms with Gasteiger partial charge in [-0.25, -0.2) is 9.18 Å². The second kappa shape index (κ2) is 8.48. The van der Waals surface area contributed by atoms with Crippen LogP contribution in [-0.4, -0.2) is 11.8 Å². The fraction of sp³-hybridized carbons (Fsp3) is 0.259. The zero-order valence-corrected chi connectivity index (χ0v) is 19.1. The van der Waals surface area contributed by atoms with E-state index in [2.05, 4.69) is 24.5 Å². The molecular weight excluding hydrogens is 433 g/mol. The number of anilines is 2. The minimum absolute atomic E-state index is 0.0234. The van der Waals surface area contributed by atoms with Crippen LogP contribution in [0.25, 0.3) is 0 Å². The number of nitrogens with one attached hydrogen (secondary N) is 2. The molecule has 1 aliphatic heterocycles. The van der Waals surface area contributed by atoms with Gasteiger partial charge in [0.1, 0.15) is 11.6 Å². The summed E-state index contributed by atoms with van der Waals surface area (Å²) in [6.07, 6.45) is 2.57. The van der Waals surface area contributed by atoms with Crippen molar-refractivity contribution in [2.75, 3.05) is 10.2 Å². The third kappa shape index (κ3) is 4.09. The average molecular weight is 460 g/mol. The number of hydrogen-bond donors (Lipinski definition) is 2. The lowest BCUT2D eigenvalue weighted by molar-refractivity contribution is -0.118. The van der Waals surface area contributed by atoms with Crippen molar-refractivity contribution in [3.05, 3.63) is 95.3 Å². The van der Waals surface area contributed by atoms with Crippen molar-refractivity contribution in [3.8, 4) is 0 Å². The first-order valence-corrected chi connectivity index (χ1v) is 11.3. The fourth-order valence-corrected chi connectivity index (χ4v) is 4.83. The highest BCUT2D eigenvalue weighted by atomic mass is 19.1. The molecule has 3 aromatic rings. The minimum Gasteiger partial charge on any atom is -0.467 e. The van der Waals surface area contributed by atoms with Crippen LogP contribution in [0, 0.1) is 11.2 Å². The van der Waals surface area contributed by atoms with Crippen LogP contribution in [0.1, 0.15) is 44.1 Å². The number of halogens is 1. The zero-order chi connectivity index (χ0) is 23.9. The number of hydrogen-bond acceptors (Lipinski definition) is 4. The van der Waals surface area contributed by atoms with Crippen molar-refractivity contribution >= 4 is 23.2 Å². The van der Waals surface area contributed by atoms with Gasteiger partial charge in [-0.05, 0) is 53.8 Å². The zero-order valence-electron chi connectivity index (χ0n) is 19.1. The molecule has 2 aliphatic rings. The topological polar surface area (TPSA) is 74.6 Å². The molecule has 2 aromatic carbocycles. The quantitative estimate of drug-likeness (QED) is 0.508. The molecule has 0 saturated heterocycles. The Hall–Kier alpha value is -3.87. The van der Waals surface area contributed by atoms with E-state index in [-0.39, 0.29) is 29.6 Å². The summed E-state index contributed by atoms with van der Waals surface area (Å²) < 4.78 is 19.2. The molecule has 5 rings (SSSR count). The van der Waals surface area contributed by atoms with E-state index in [1.54, 1.807) is 35.4 Å². The van der Waals surface area contributed by atoms with Crippen LogP contribution in [0.2, 0.25) is 0 Å². The van der Waals surface area contributed by atoms with E-state index in [1.807, 2.05) is 24.3 Å². The van der Waals surface area contributed by atoms with Gasteiger partial charge in [0.2, 0.25) is 0 Å². The van der Waals surface area contributed by atoms with E-state index in [0.29, 0.717) is 35.4 Å². The second-order valence-corrected chi connectivity index (χ2v) is 9.54. The van der Waals surface area contributed by atoms with Gasteiger partial charge in [0.15, 0.2) is 5.78 Å². The number of ketones is 1. The number of furan rings is 1. The number of nitrogens with zero attached hydrogens (tertiary/aromatic N) is 1. The van der Waals surface area contributed by atoms with Crippen LogP contribution in [-0.2, 0) is 11.3 Å². The van der Waals surface area contributed by atoms with Crippen LogP contribution in [0.5, 0.6) is 0 Å². The van der Waals surface area contributed by atoms with Gasteiger partial charge in [0, 0.05) is 17.7 Å². The molecule has 0 spiro atoms. The van der Waals surface area contributed by atoms with Crippen molar-refractivity contribution in [3.63, 3.8) is 0 Å². The Balaban J connectivity index is 1.67. The molecular formula is C27H26FN3O3. The van der Waals surface area contributed by atoms with E-state index >= 15 is 0 Å². The number of Topliss-reactive ketones (excluding diaryl/α,β-unsaturated/α-hetero) is 1. The molecule has 34 heavy (non-hydrogen) atoms. The highest BCUT2D eigenvalue weighted by Gasteiger charge is 2.43. The first kappa shape index (κ1) is 21.9. The molecule has 1 atom stereocenters. The van der Waals surface area contributed by atoms with E-state index in [0.717, 1.165) is 11.4 Å². The van der Waals surface area contributed by atoms with Gasteiger partial charge in [-0.3, -0.25) is 9.69 Å². The van der Waals surface area contributed by atoms with E-state index in [4.69, 9.17) is 4.42 Å². The van der Waals surface area contributed by atoms with Crippen molar-refractivity contribution in [1.29, 1.82) is 0 Å². The summed E-state index contributed by atoms with van der Waals surface area (Å²) >= 11 is 0. The number of urea groups is 1. The van der Waals surface area contributed by atoms with E-state index < -0.39 is 6.04 Å². The lowest BCUT2D eigenvalue weighted by atomic mass is 9.73. The normalized spacial score (nSPS) is 19.1. The maximum absolute atomic E-state index is 13.8. The predicted octanol–water partition coefficient (Wildman–Crippen LogP) is 5.94. The van der Waals surface area contributed by atoms with Gasteiger partial charge >= 0.3 is 6.03 Å². The summed E-state index contributed by atoms with van der Waals surface area (Å²) in [5, 5.41) is 6.38. The van der Waals surface area contributed by atoms with Crippen LogP contribution < -0.4 is 15.5 Å². The summed E-state index contributed by atoms with van der Waals surface area (Å²) in [6.45, 7) is 4.32. The monoisotopic (exact) mass is 459 g/mol. The first-order chi connectivity index (χ1) is 16.3. The highest BCUT2D eigenvalue weighted by Crippen LogP contribution is 2.48. The second-order valence-electron chi connectivity index (χ2n) is 9.54. The Labute approximate surface area is 197 Å². The summed E-state index contributed by atoms with van der Waals surface area (Å²) in [5.41, 5.74) is 3.14. The van der Waals surface area contributed by atoms with Crippen LogP contribution in [0.4, 0.5) is 20.6 Å². The van der Waals surface area contributed by atoms with Gasteiger partial charge in [-0.2, -0.15) is 0 Å². The molecule has 2 heterocycles. The number of benzene rings is 2. The lowest BCUT2D eigenvalue weighted by Crippen LogP contribution is -2.44. The van der Waals surface area contributed by atoms with Crippen molar-refractivity contribution in [1.82, 2.24) is 5.32 Å². The Morgan fingerprint density at radius 3 is 2.62 bits per heavy atom. The van der Waals surface area contributed by atoms with Crippen LogP contribution in [0.3, 0.4) is 0 Å². The Bertz CT molecular complexity index is 1260. The van der Waals surface area contributed by atoms with E-state index in [9.17, 15) is 14.0 Å². The average Bonchev–Trinajstić information content (AvgIpc) is 3.26.